The molecular weight excluding hydrogens is 416 g/mol. The van der Waals surface area contributed by atoms with Crippen LogP contribution in [0.25, 0.3) is 0 Å². The second-order valence-electron chi connectivity index (χ2n) is 6.36. The van der Waals surface area contributed by atoms with Crippen molar-refractivity contribution in [1.29, 1.82) is 0 Å². The fourth-order valence-electron chi connectivity index (χ4n) is 3.47. The Bertz CT molecular complexity index is 776. The van der Waals surface area contributed by atoms with Crippen molar-refractivity contribution in [2.45, 2.75) is 18.9 Å². The lowest BCUT2D eigenvalue weighted by Crippen LogP contribution is -2.41. The molecule has 2 aromatic carbocycles. The lowest BCUT2D eigenvalue weighted by atomic mass is 9.91. The predicted octanol–water partition coefficient (Wildman–Crippen LogP) is 6.19. The molecule has 0 spiro atoms. The van der Waals surface area contributed by atoms with Gasteiger partial charge in [-0.25, -0.2) is 0 Å². The maximum absolute atomic E-state index is 11.5. The van der Waals surface area contributed by atoms with Crippen LogP contribution in [0.2, 0.25) is 20.1 Å². The summed E-state index contributed by atoms with van der Waals surface area (Å²) in [5, 5.41) is 11.2. The summed E-state index contributed by atoms with van der Waals surface area (Å²) in [5.74, 6) is -1.22. The molecule has 26 heavy (non-hydrogen) atoms. The van der Waals surface area contributed by atoms with Gasteiger partial charge in [-0.3, -0.25) is 9.69 Å². The Balaban J connectivity index is 2.12. The summed E-state index contributed by atoms with van der Waals surface area (Å²) in [5.41, 5.74) is 1.57. The second-order valence-corrected chi connectivity index (χ2v) is 7.93. The second kappa shape index (κ2) is 8.37. The van der Waals surface area contributed by atoms with Crippen LogP contribution in [0.3, 0.4) is 0 Å². The Labute approximate surface area is 172 Å². The molecule has 1 unspecified atom stereocenters. The van der Waals surface area contributed by atoms with Crippen LogP contribution in [0, 0.1) is 5.92 Å². The van der Waals surface area contributed by atoms with E-state index in [0.717, 1.165) is 24.1 Å². The first kappa shape index (κ1) is 19.8. The summed E-state index contributed by atoms with van der Waals surface area (Å²) in [6, 6.07) is 10.6. The molecule has 1 heterocycles. The molecule has 1 atom stereocenters. The summed E-state index contributed by atoms with van der Waals surface area (Å²) >= 11 is 25.5. The van der Waals surface area contributed by atoms with Gasteiger partial charge in [-0.15, -0.1) is 0 Å². The van der Waals surface area contributed by atoms with E-state index in [1.807, 2.05) is 24.3 Å². The molecule has 7 heteroatoms. The Morgan fingerprint density at radius 3 is 2.04 bits per heavy atom. The van der Waals surface area contributed by atoms with Crippen LogP contribution in [-0.4, -0.2) is 29.1 Å². The number of benzene rings is 2. The lowest BCUT2D eigenvalue weighted by Gasteiger charge is -2.38. The number of piperidine rings is 1. The van der Waals surface area contributed by atoms with Gasteiger partial charge in [0.05, 0.1) is 32.1 Å². The third-order valence-electron chi connectivity index (χ3n) is 4.72. The Hall–Kier alpha value is -0.970. The van der Waals surface area contributed by atoms with E-state index < -0.39 is 11.9 Å². The van der Waals surface area contributed by atoms with E-state index in [1.54, 1.807) is 12.1 Å². The first-order valence-corrected chi connectivity index (χ1v) is 9.76. The summed E-state index contributed by atoms with van der Waals surface area (Å²) in [7, 11) is 0. The van der Waals surface area contributed by atoms with Crippen molar-refractivity contribution in [2.75, 3.05) is 13.1 Å². The van der Waals surface area contributed by atoms with Crippen molar-refractivity contribution in [3.8, 4) is 0 Å². The Morgan fingerprint density at radius 1 is 1.00 bits per heavy atom. The zero-order valence-electron chi connectivity index (χ0n) is 13.8. The van der Waals surface area contributed by atoms with Gasteiger partial charge in [-0.05, 0) is 42.6 Å². The molecular formula is C19H17Cl4NO2. The monoisotopic (exact) mass is 431 g/mol. The largest absolute Gasteiger partial charge is 0.481 e. The van der Waals surface area contributed by atoms with Crippen LogP contribution in [-0.2, 0) is 4.79 Å². The molecule has 3 nitrogen and oxygen atoms in total. The summed E-state index contributed by atoms with van der Waals surface area (Å²) in [4.78, 5) is 13.6. The van der Waals surface area contributed by atoms with Crippen molar-refractivity contribution in [2.24, 2.45) is 5.92 Å². The molecule has 0 aromatic heterocycles. The lowest BCUT2D eigenvalue weighted by molar-refractivity contribution is -0.143. The summed E-state index contributed by atoms with van der Waals surface area (Å²) in [6.45, 7) is 1.14. The number of hydrogen-bond acceptors (Lipinski definition) is 2. The van der Waals surface area contributed by atoms with Gasteiger partial charge in [-0.2, -0.15) is 0 Å². The van der Waals surface area contributed by atoms with Crippen molar-refractivity contribution in [1.82, 2.24) is 4.90 Å². The minimum absolute atomic E-state index is 0.324. The Kier molecular flexibility index (Phi) is 6.37. The van der Waals surface area contributed by atoms with E-state index in [-0.39, 0.29) is 6.04 Å². The third kappa shape index (κ3) is 3.97. The van der Waals surface area contributed by atoms with Gasteiger partial charge in [0.2, 0.25) is 0 Å². The summed E-state index contributed by atoms with van der Waals surface area (Å²) < 4.78 is 0. The summed E-state index contributed by atoms with van der Waals surface area (Å²) in [6.07, 6.45) is 1.44. The highest BCUT2D eigenvalue weighted by Crippen LogP contribution is 2.42. The minimum atomic E-state index is -0.789. The molecule has 0 amide bonds. The normalized spacial score (nSPS) is 18.3. The van der Waals surface area contributed by atoms with E-state index in [1.165, 1.54) is 0 Å². The number of nitrogens with zero attached hydrogens (tertiary/aromatic N) is 1. The van der Waals surface area contributed by atoms with E-state index in [0.29, 0.717) is 33.1 Å². The highest BCUT2D eigenvalue weighted by Gasteiger charge is 2.33. The van der Waals surface area contributed by atoms with Crippen LogP contribution in [0.5, 0.6) is 0 Å². The maximum atomic E-state index is 11.5. The molecule has 0 saturated carbocycles. The number of aliphatic carboxylic acids is 1. The first-order chi connectivity index (χ1) is 12.4. The minimum Gasteiger partial charge on any atom is -0.481 e. The van der Waals surface area contributed by atoms with Gasteiger partial charge in [0.25, 0.3) is 0 Å². The number of halogens is 4. The van der Waals surface area contributed by atoms with Crippen molar-refractivity contribution < 1.29 is 9.90 Å². The standard InChI is InChI=1S/C19H17Cl4NO2/c20-14-7-1-5-12(16(14)22)18(13-6-2-8-15(21)17(13)23)24-9-3-4-11(10-24)19(25)26/h1-2,5-8,11,18H,3-4,9-10H2,(H,25,26). The van der Waals surface area contributed by atoms with Crippen LogP contribution < -0.4 is 0 Å². The highest BCUT2D eigenvalue weighted by atomic mass is 35.5. The smallest absolute Gasteiger partial charge is 0.307 e. The topological polar surface area (TPSA) is 40.5 Å². The molecule has 1 aliphatic heterocycles. The van der Waals surface area contributed by atoms with Gasteiger partial charge in [-0.1, -0.05) is 70.7 Å². The Morgan fingerprint density at radius 2 is 1.54 bits per heavy atom. The fraction of sp³-hybridized carbons (Fsp3) is 0.316. The fourth-order valence-corrected chi connectivity index (χ4v) is 4.29. The molecule has 2 aromatic rings. The van der Waals surface area contributed by atoms with E-state index in [4.69, 9.17) is 46.4 Å². The van der Waals surface area contributed by atoms with Gasteiger partial charge in [0.15, 0.2) is 0 Å². The highest BCUT2D eigenvalue weighted by molar-refractivity contribution is 6.43. The van der Waals surface area contributed by atoms with Gasteiger partial charge in [0, 0.05) is 6.54 Å². The average Bonchev–Trinajstić information content (AvgIpc) is 2.62. The van der Waals surface area contributed by atoms with Crippen LogP contribution >= 0.6 is 46.4 Å². The molecule has 0 bridgehead atoms. The zero-order valence-corrected chi connectivity index (χ0v) is 16.8. The molecule has 1 N–H and O–H groups in total. The third-order valence-corrected chi connectivity index (χ3v) is 6.39. The number of rotatable bonds is 4. The molecule has 0 radical (unpaired) electrons. The van der Waals surface area contributed by atoms with E-state index >= 15 is 0 Å². The van der Waals surface area contributed by atoms with Gasteiger partial charge in [0.1, 0.15) is 0 Å². The number of carboxylic acid groups (broad SMARTS) is 1. The van der Waals surface area contributed by atoms with Gasteiger partial charge >= 0.3 is 5.97 Å². The quantitative estimate of drug-likeness (QED) is 0.626. The molecule has 0 aliphatic carbocycles. The van der Waals surface area contributed by atoms with E-state index in [9.17, 15) is 9.90 Å². The molecule has 1 aliphatic rings. The number of likely N-dealkylation sites (tertiary alicyclic amines) is 1. The van der Waals surface area contributed by atoms with Gasteiger partial charge < -0.3 is 5.11 Å². The predicted molar refractivity (Wildman–Crippen MR) is 107 cm³/mol. The van der Waals surface area contributed by atoms with Crippen LogP contribution in [0.1, 0.15) is 30.0 Å². The van der Waals surface area contributed by atoms with Crippen molar-refractivity contribution >= 4 is 52.4 Å². The molecule has 1 saturated heterocycles. The first-order valence-electron chi connectivity index (χ1n) is 8.24. The van der Waals surface area contributed by atoms with Crippen LogP contribution in [0.4, 0.5) is 0 Å². The molecule has 3 rings (SSSR count). The number of carboxylic acids is 1. The van der Waals surface area contributed by atoms with Crippen LogP contribution in [0.15, 0.2) is 36.4 Å². The molecule has 1 fully saturated rings. The number of hydrogen-bond donors (Lipinski definition) is 1. The zero-order chi connectivity index (χ0) is 18.8. The molecule has 138 valence electrons. The van der Waals surface area contributed by atoms with Crippen molar-refractivity contribution in [3.63, 3.8) is 0 Å². The maximum Gasteiger partial charge on any atom is 0.307 e. The van der Waals surface area contributed by atoms with E-state index in [2.05, 4.69) is 4.90 Å². The average molecular weight is 433 g/mol. The SMILES string of the molecule is O=C(O)C1CCCN(C(c2cccc(Cl)c2Cl)c2cccc(Cl)c2Cl)C1. The number of carbonyl (C=O) groups is 1. The van der Waals surface area contributed by atoms with Crippen molar-refractivity contribution in [3.05, 3.63) is 67.6 Å².